The predicted molar refractivity (Wildman–Crippen MR) is 56.4 cm³/mol. The van der Waals surface area contributed by atoms with Crippen LogP contribution in [0, 0.1) is 0 Å². The van der Waals surface area contributed by atoms with Gasteiger partial charge in [0, 0.05) is 14.2 Å². The van der Waals surface area contributed by atoms with Gasteiger partial charge in [-0.1, -0.05) is 0 Å². The first kappa shape index (κ1) is 12.9. The van der Waals surface area contributed by atoms with Crippen LogP contribution in [0.15, 0.2) is 0 Å². The SMILES string of the molecule is CO[C@@H]1CO[C@]2(COC(C)(C)O2)C(=O)[C@@H]1OC. The third-order valence-electron chi connectivity index (χ3n) is 3.03. The Bertz CT molecular complexity index is 315. The molecule has 0 unspecified atom stereocenters. The molecule has 0 N–H and O–H groups in total. The van der Waals surface area contributed by atoms with Crippen LogP contribution < -0.4 is 0 Å². The van der Waals surface area contributed by atoms with Gasteiger partial charge in [-0.3, -0.25) is 4.79 Å². The molecule has 3 atom stereocenters. The molecule has 1 spiro atoms. The Balaban J connectivity index is 2.20. The normalized spacial score (nSPS) is 41.1. The zero-order chi connectivity index (χ0) is 12.7. The van der Waals surface area contributed by atoms with E-state index in [4.69, 9.17) is 23.7 Å². The molecule has 6 heteroatoms. The summed E-state index contributed by atoms with van der Waals surface area (Å²) in [6, 6.07) is 0. The lowest BCUT2D eigenvalue weighted by Crippen LogP contribution is -2.60. The van der Waals surface area contributed by atoms with Crippen LogP contribution in [-0.4, -0.2) is 57.0 Å². The molecule has 17 heavy (non-hydrogen) atoms. The molecule has 0 bridgehead atoms. The van der Waals surface area contributed by atoms with E-state index in [-0.39, 0.29) is 19.0 Å². The van der Waals surface area contributed by atoms with Gasteiger partial charge in [0.25, 0.3) is 5.79 Å². The molecule has 0 aromatic carbocycles. The Morgan fingerprint density at radius 3 is 2.41 bits per heavy atom. The molecule has 0 aliphatic carbocycles. The van der Waals surface area contributed by atoms with Crippen molar-refractivity contribution in [3.8, 4) is 0 Å². The average molecular weight is 246 g/mol. The second kappa shape index (κ2) is 4.29. The lowest BCUT2D eigenvalue weighted by atomic mass is 9.99. The largest absolute Gasteiger partial charge is 0.376 e. The first-order valence-electron chi connectivity index (χ1n) is 5.52. The summed E-state index contributed by atoms with van der Waals surface area (Å²) in [4.78, 5) is 12.3. The molecule has 2 aliphatic heterocycles. The van der Waals surface area contributed by atoms with Crippen LogP contribution in [0.5, 0.6) is 0 Å². The molecule has 0 amide bonds. The number of carbonyl (C=O) groups excluding carboxylic acids is 1. The molecular formula is C11H18O6. The summed E-state index contributed by atoms with van der Waals surface area (Å²) in [5.41, 5.74) is 0. The Kier molecular flexibility index (Phi) is 3.26. The van der Waals surface area contributed by atoms with Gasteiger partial charge in [0.2, 0.25) is 5.78 Å². The van der Waals surface area contributed by atoms with E-state index >= 15 is 0 Å². The van der Waals surface area contributed by atoms with Gasteiger partial charge in [0.05, 0.1) is 6.61 Å². The molecule has 98 valence electrons. The van der Waals surface area contributed by atoms with Crippen molar-refractivity contribution in [2.75, 3.05) is 27.4 Å². The fraction of sp³-hybridized carbons (Fsp3) is 0.909. The van der Waals surface area contributed by atoms with Gasteiger partial charge in [-0.15, -0.1) is 0 Å². The van der Waals surface area contributed by atoms with Gasteiger partial charge < -0.3 is 23.7 Å². The lowest BCUT2D eigenvalue weighted by molar-refractivity contribution is -0.274. The van der Waals surface area contributed by atoms with E-state index in [2.05, 4.69) is 0 Å². The summed E-state index contributed by atoms with van der Waals surface area (Å²) < 4.78 is 26.8. The molecule has 0 aromatic rings. The Morgan fingerprint density at radius 2 is 1.94 bits per heavy atom. The first-order valence-corrected chi connectivity index (χ1v) is 5.52. The Morgan fingerprint density at radius 1 is 1.24 bits per heavy atom. The minimum absolute atomic E-state index is 0.0785. The van der Waals surface area contributed by atoms with Gasteiger partial charge in [0.1, 0.15) is 18.8 Å². The minimum Gasteiger partial charge on any atom is -0.376 e. The van der Waals surface area contributed by atoms with E-state index in [1.807, 2.05) is 0 Å². The summed E-state index contributed by atoms with van der Waals surface area (Å²) in [6.45, 7) is 3.79. The molecule has 0 aromatic heterocycles. The molecule has 2 fully saturated rings. The summed E-state index contributed by atoms with van der Waals surface area (Å²) in [5.74, 6) is -2.46. The Labute approximate surface area is 100 Å². The number of carbonyl (C=O) groups is 1. The van der Waals surface area contributed by atoms with Crippen molar-refractivity contribution in [1.82, 2.24) is 0 Å². The van der Waals surface area contributed by atoms with Crippen LogP contribution in [0.3, 0.4) is 0 Å². The maximum Gasteiger partial charge on any atom is 0.258 e. The standard InChI is InChI=1S/C11H18O6/c1-10(2)16-6-11(17-10)9(12)8(14-4)7(13-3)5-15-11/h7-8H,5-6H2,1-4H3/t7-,8-,11+/m1/s1. The minimum atomic E-state index is -1.35. The van der Waals surface area contributed by atoms with E-state index < -0.39 is 23.8 Å². The first-order chi connectivity index (χ1) is 7.94. The zero-order valence-electron chi connectivity index (χ0n) is 10.5. The highest BCUT2D eigenvalue weighted by molar-refractivity contribution is 5.91. The highest BCUT2D eigenvalue weighted by Gasteiger charge is 2.58. The third kappa shape index (κ3) is 2.11. The molecule has 6 nitrogen and oxygen atoms in total. The van der Waals surface area contributed by atoms with Crippen molar-refractivity contribution in [2.24, 2.45) is 0 Å². The van der Waals surface area contributed by atoms with Crippen molar-refractivity contribution < 1.29 is 28.5 Å². The number of hydrogen-bond acceptors (Lipinski definition) is 6. The lowest BCUT2D eigenvalue weighted by Gasteiger charge is -2.38. The van der Waals surface area contributed by atoms with Crippen LogP contribution in [0.2, 0.25) is 0 Å². The zero-order valence-corrected chi connectivity index (χ0v) is 10.5. The molecule has 0 saturated carbocycles. The number of Topliss-reactive ketones (excluding diaryl/α,β-unsaturated/α-hetero) is 1. The van der Waals surface area contributed by atoms with Gasteiger partial charge in [-0.25, -0.2) is 0 Å². The fourth-order valence-corrected chi connectivity index (χ4v) is 2.13. The van der Waals surface area contributed by atoms with Crippen LogP contribution >= 0.6 is 0 Å². The number of ether oxygens (including phenoxy) is 5. The number of methoxy groups -OCH3 is 2. The van der Waals surface area contributed by atoms with E-state index in [9.17, 15) is 4.79 Å². The van der Waals surface area contributed by atoms with Crippen molar-refractivity contribution in [3.63, 3.8) is 0 Å². The van der Waals surface area contributed by atoms with Crippen LogP contribution in [-0.2, 0) is 28.5 Å². The van der Waals surface area contributed by atoms with E-state index in [1.165, 1.54) is 14.2 Å². The maximum atomic E-state index is 12.3. The van der Waals surface area contributed by atoms with E-state index in [1.54, 1.807) is 13.8 Å². The molecule has 2 saturated heterocycles. The second-order valence-electron chi connectivity index (χ2n) is 4.65. The third-order valence-corrected chi connectivity index (χ3v) is 3.03. The van der Waals surface area contributed by atoms with Gasteiger partial charge >= 0.3 is 0 Å². The highest BCUT2D eigenvalue weighted by atomic mass is 16.8. The summed E-state index contributed by atoms with van der Waals surface area (Å²) in [5, 5.41) is 0. The number of hydrogen-bond donors (Lipinski definition) is 0. The Hall–Kier alpha value is -0.530. The summed E-state index contributed by atoms with van der Waals surface area (Å²) in [7, 11) is 2.98. The van der Waals surface area contributed by atoms with Crippen molar-refractivity contribution in [3.05, 3.63) is 0 Å². The van der Waals surface area contributed by atoms with Crippen LogP contribution in [0.25, 0.3) is 0 Å². The summed E-state index contributed by atoms with van der Waals surface area (Å²) >= 11 is 0. The van der Waals surface area contributed by atoms with Crippen LogP contribution in [0.1, 0.15) is 13.8 Å². The van der Waals surface area contributed by atoms with Crippen molar-refractivity contribution in [2.45, 2.75) is 37.6 Å². The summed E-state index contributed by atoms with van der Waals surface area (Å²) in [6.07, 6.45) is -1.10. The molecule has 0 radical (unpaired) electrons. The van der Waals surface area contributed by atoms with Crippen molar-refractivity contribution >= 4 is 5.78 Å². The smallest absolute Gasteiger partial charge is 0.258 e. The van der Waals surface area contributed by atoms with Gasteiger partial charge in [-0.05, 0) is 13.8 Å². The second-order valence-corrected chi connectivity index (χ2v) is 4.65. The molecule has 2 aliphatic rings. The molecular weight excluding hydrogens is 228 g/mol. The van der Waals surface area contributed by atoms with Gasteiger partial charge in [0.15, 0.2) is 5.79 Å². The molecule has 2 rings (SSSR count). The van der Waals surface area contributed by atoms with E-state index in [0.717, 1.165) is 0 Å². The van der Waals surface area contributed by atoms with E-state index in [0.29, 0.717) is 0 Å². The average Bonchev–Trinajstić information content (AvgIpc) is 2.59. The predicted octanol–water partition coefficient (Wildman–Crippen LogP) is 0.0949. The fourth-order valence-electron chi connectivity index (χ4n) is 2.13. The van der Waals surface area contributed by atoms with Crippen molar-refractivity contribution in [1.29, 1.82) is 0 Å². The maximum absolute atomic E-state index is 12.3. The topological polar surface area (TPSA) is 63.2 Å². The van der Waals surface area contributed by atoms with Crippen LogP contribution in [0.4, 0.5) is 0 Å². The quantitative estimate of drug-likeness (QED) is 0.688. The van der Waals surface area contributed by atoms with Gasteiger partial charge in [-0.2, -0.15) is 0 Å². The highest BCUT2D eigenvalue weighted by Crippen LogP contribution is 2.37. The number of rotatable bonds is 2. The molecule has 2 heterocycles. The monoisotopic (exact) mass is 246 g/mol. The number of ketones is 1.